The summed E-state index contributed by atoms with van der Waals surface area (Å²) in [7, 11) is 1.79. The molecule has 1 aromatic heterocycles. The predicted octanol–water partition coefficient (Wildman–Crippen LogP) is 1.12. The van der Waals surface area contributed by atoms with Gasteiger partial charge >= 0.3 is 6.03 Å². The van der Waals surface area contributed by atoms with Crippen LogP contribution in [0.2, 0.25) is 0 Å². The number of aromatic nitrogens is 2. The fourth-order valence-corrected chi connectivity index (χ4v) is 2.22. The standard InChI is InChI=1S/C14H24N4O2/c1-4-14(5-6-14)10-16-12(19)15-9-13(2,20)11-7-17-18(3)8-11/h7-8,20H,4-6,9-10H2,1-3H3,(H2,15,16,19). The highest BCUT2D eigenvalue weighted by atomic mass is 16.3. The number of carbonyl (C=O) groups is 1. The average molecular weight is 280 g/mol. The van der Waals surface area contributed by atoms with Crippen LogP contribution < -0.4 is 10.6 Å². The van der Waals surface area contributed by atoms with E-state index >= 15 is 0 Å². The fraction of sp³-hybridized carbons (Fsp3) is 0.714. The molecule has 0 spiro atoms. The molecule has 1 fully saturated rings. The molecule has 1 heterocycles. The second-order valence-corrected chi connectivity index (χ2v) is 6.07. The van der Waals surface area contributed by atoms with Crippen molar-refractivity contribution >= 4 is 6.03 Å². The molecular formula is C14H24N4O2. The maximum atomic E-state index is 11.8. The number of rotatable bonds is 6. The van der Waals surface area contributed by atoms with E-state index in [1.165, 1.54) is 12.8 Å². The van der Waals surface area contributed by atoms with Crippen LogP contribution in [0.4, 0.5) is 4.79 Å². The molecule has 2 rings (SSSR count). The van der Waals surface area contributed by atoms with Gasteiger partial charge in [0.15, 0.2) is 0 Å². The number of aryl methyl sites for hydroxylation is 1. The van der Waals surface area contributed by atoms with Gasteiger partial charge in [0.05, 0.1) is 12.7 Å². The first-order chi connectivity index (χ1) is 9.37. The SMILES string of the molecule is CCC1(CNC(=O)NCC(C)(O)c2cnn(C)c2)CC1. The summed E-state index contributed by atoms with van der Waals surface area (Å²) in [5.74, 6) is 0. The quantitative estimate of drug-likeness (QED) is 0.730. The number of hydrogen-bond donors (Lipinski definition) is 3. The first kappa shape index (κ1) is 14.8. The van der Waals surface area contributed by atoms with E-state index in [9.17, 15) is 9.90 Å². The van der Waals surface area contributed by atoms with Gasteiger partial charge in [-0.15, -0.1) is 0 Å². The van der Waals surface area contributed by atoms with Crippen LogP contribution in [-0.4, -0.2) is 34.0 Å². The number of hydrogen-bond acceptors (Lipinski definition) is 3. The van der Waals surface area contributed by atoms with Crippen LogP contribution in [0.1, 0.15) is 38.7 Å². The maximum absolute atomic E-state index is 11.8. The lowest BCUT2D eigenvalue weighted by Crippen LogP contribution is -2.44. The third-order valence-electron chi connectivity index (χ3n) is 4.25. The summed E-state index contributed by atoms with van der Waals surface area (Å²) < 4.78 is 1.63. The molecule has 0 radical (unpaired) electrons. The summed E-state index contributed by atoms with van der Waals surface area (Å²) in [6, 6.07) is -0.228. The van der Waals surface area contributed by atoms with E-state index in [-0.39, 0.29) is 12.6 Å². The van der Waals surface area contributed by atoms with Crippen molar-refractivity contribution in [2.75, 3.05) is 13.1 Å². The Kier molecular flexibility index (Phi) is 4.04. The smallest absolute Gasteiger partial charge is 0.314 e. The average Bonchev–Trinajstić information content (AvgIpc) is 3.07. The number of nitrogens with one attached hydrogen (secondary N) is 2. The summed E-state index contributed by atoms with van der Waals surface area (Å²) >= 11 is 0. The summed E-state index contributed by atoms with van der Waals surface area (Å²) in [4.78, 5) is 11.8. The molecule has 0 saturated heterocycles. The minimum atomic E-state index is -1.12. The van der Waals surface area contributed by atoms with Crippen molar-refractivity contribution < 1.29 is 9.90 Å². The lowest BCUT2D eigenvalue weighted by Gasteiger charge is -2.23. The molecule has 1 saturated carbocycles. The van der Waals surface area contributed by atoms with Crippen molar-refractivity contribution in [2.24, 2.45) is 12.5 Å². The number of amides is 2. The van der Waals surface area contributed by atoms with E-state index < -0.39 is 5.60 Å². The first-order valence-electron chi connectivity index (χ1n) is 7.10. The van der Waals surface area contributed by atoms with Gasteiger partial charge in [-0.25, -0.2) is 4.79 Å². The lowest BCUT2D eigenvalue weighted by molar-refractivity contribution is 0.0592. The molecule has 0 aromatic carbocycles. The van der Waals surface area contributed by atoms with Crippen LogP contribution in [0.25, 0.3) is 0 Å². The first-order valence-corrected chi connectivity index (χ1v) is 7.10. The predicted molar refractivity (Wildman–Crippen MR) is 76.1 cm³/mol. The summed E-state index contributed by atoms with van der Waals surface area (Å²) in [6.45, 7) is 4.69. The van der Waals surface area contributed by atoms with Crippen LogP contribution in [-0.2, 0) is 12.6 Å². The third-order valence-corrected chi connectivity index (χ3v) is 4.25. The zero-order valence-corrected chi connectivity index (χ0v) is 12.4. The van der Waals surface area contributed by atoms with Gasteiger partial charge in [-0.2, -0.15) is 5.10 Å². The fourth-order valence-electron chi connectivity index (χ4n) is 2.22. The highest BCUT2D eigenvalue weighted by Gasteiger charge is 2.40. The van der Waals surface area contributed by atoms with Gasteiger partial charge in [-0.05, 0) is 31.6 Å². The van der Waals surface area contributed by atoms with Crippen LogP contribution in [0, 0.1) is 5.41 Å². The molecule has 1 aliphatic rings. The van der Waals surface area contributed by atoms with Crippen LogP contribution in [0.5, 0.6) is 0 Å². The second-order valence-electron chi connectivity index (χ2n) is 6.07. The topological polar surface area (TPSA) is 79.2 Å². The molecule has 0 aliphatic heterocycles. The van der Waals surface area contributed by atoms with Gasteiger partial charge in [0.25, 0.3) is 0 Å². The minimum absolute atomic E-state index is 0.156. The van der Waals surface area contributed by atoms with Crippen LogP contribution >= 0.6 is 0 Å². The number of aliphatic hydroxyl groups is 1. The molecule has 3 N–H and O–H groups in total. The molecule has 0 bridgehead atoms. The van der Waals surface area contributed by atoms with E-state index in [0.29, 0.717) is 17.5 Å². The Morgan fingerprint density at radius 2 is 2.25 bits per heavy atom. The van der Waals surface area contributed by atoms with Crippen LogP contribution in [0.15, 0.2) is 12.4 Å². The monoisotopic (exact) mass is 280 g/mol. The van der Waals surface area contributed by atoms with Crippen molar-refractivity contribution in [1.82, 2.24) is 20.4 Å². The van der Waals surface area contributed by atoms with Gasteiger partial charge in [-0.1, -0.05) is 6.92 Å². The molecule has 1 aromatic rings. The Morgan fingerprint density at radius 3 is 2.75 bits per heavy atom. The van der Waals surface area contributed by atoms with Gasteiger partial charge in [0.2, 0.25) is 0 Å². The normalized spacial score (nSPS) is 19.2. The van der Waals surface area contributed by atoms with Crippen molar-refractivity contribution in [3.8, 4) is 0 Å². The van der Waals surface area contributed by atoms with Crippen molar-refractivity contribution in [3.05, 3.63) is 18.0 Å². The number of urea groups is 1. The summed E-state index contributed by atoms with van der Waals surface area (Å²) in [6.07, 6.45) is 6.83. The number of carbonyl (C=O) groups excluding carboxylic acids is 1. The van der Waals surface area contributed by atoms with Gasteiger partial charge in [0, 0.05) is 25.4 Å². The highest BCUT2D eigenvalue weighted by molar-refractivity contribution is 5.74. The summed E-state index contributed by atoms with van der Waals surface area (Å²) in [5.41, 5.74) is -0.107. The third kappa shape index (κ3) is 3.50. The highest BCUT2D eigenvalue weighted by Crippen LogP contribution is 2.47. The maximum Gasteiger partial charge on any atom is 0.314 e. The van der Waals surface area contributed by atoms with E-state index in [2.05, 4.69) is 22.7 Å². The molecule has 2 amide bonds. The van der Waals surface area contributed by atoms with Gasteiger partial charge in [0.1, 0.15) is 5.60 Å². The lowest BCUT2D eigenvalue weighted by atomic mass is 10.00. The zero-order valence-electron chi connectivity index (χ0n) is 12.4. The largest absolute Gasteiger partial charge is 0.383 e. The van der Waals surface area contributed by atoms with E-state index in [4.69, 9.17) is 0 Å². The Balaban J connectivity index is 1.77. The van der Waals surface area contributed by atoms with Gasteiger partial charge in [-0.3, -0.25) is 4.68 Å². The molecule has 20 heavy (non-hydrogen) atoms. The molecule has 1 atom stereocenters. The Labute approximate surface area is 119 Å². The Bertz CT molecular complexity index is 477. The molecule has 112 valence electrons. The molecule has 6 nitrogen and oxygen atoms in total. The zero-order chi connectivity index (χ0) is 14.8. The summed E-state index contributed by atoms with van der Waals surface area (Å²) in [5, 5.41) is 20.0. The molecule has 1 aliphatic carbocycles. The minimum Gasteiger partial charge on any atom is -0.383 e. The second kappa shape index (κ2) is 5.44. The van der Waals surface area contributed by atoms with Crippen molar-refractivity contribution in [3.63, 3.8) is 0 Å². The molecule has 1 unspecified atom stereocenters. The molecular weight excluding hydrogens is 256 g/mol. The van der Waals surface area contributed by atoms with E-state index in [0.717, 1.165) is 6.42 Å². The Hall–Kier alpha value is -1.56. The Morgan fingerprint density at radius 1 is 1.55 bits per heavy atom. The van der Waals surface area contributed by atoms with Crippen molar-refractivity contribution in [2.45, 2.75) is 38.7 Å². The van der Waals surface area contributed by atoms with Gasteiger partial charge < -0.3 is 15.7 Å². The van der Waals surface area contributed by atoms with E-state index in [1.807, 2.05) is 0 Å². The van der Waals surface area contributed by atoms with Crippen LogP contribution in [0.3, 0.4) is 0 Å². The van der Waals surface area contributed by atoms with E-state index in [1.54, 1.807) is 31.0 Å². The van der Waals surface area contributed by atoms with Crippen molar-refractivity contribution in [1.29, 1.82) is 0 Å². The molecule has 6 heteroatoms. The number of nitrogens with zero attached hydrogens (tertiary/aromatic N) is 2.